The van der Waals surface area contributed by atoms with E-state index >= 15 is 0 Å². The quantitative estimate of drug-likeness (QED) is 0.543. The molecule has 8 nitrogen and oxygen atoms in total. The first kappa shape index (κ1) is 20.7. The van der Waals surface area contributed by atoms with Crippen LogP contribution in [0.5, 0.6) is 0 Å². The van der Waals surface area contributed by atoms with Gasteiger partial charge in [0, 0.05) is 31.0 Å². The van der Waals surface area contributed by atoms with Gasteiger partial charge in [0.25, 0.3) is 5.69 Å². The Bertz CT molecular complexity index is 914. The number of benzene rings is 1. The zero-order valence-corrected chi connectivity index (χ0v) is 17.7. The summed E-state index contributed by atoms with van der Waals surface area (Å²) in [5.41, 5.74) is -0.0379. The first-order valence-electron chi connectivity index (χ1n) is 9.03. The number of ether oxygens (including phenoxy) is 1. The maximum Gasteiger partial charge on any atom is 0.410 e. The third kappa shape index (κ3) is 5.05. The van der Waals surface area contributed by atoms with Gasteiger partial charge in [0.05, 0.1) is 25.9 Å². The average Bonchev–Trinajstić information content (AvgIpc) is 3.04. The second kappa shape index (κ2) is 8.12. The van der Waals surface area contributed by atoms with Crippen LogP contribution in [0.15, 0.2) is 22.5 Å². The molecule has 0 N–H and O–H groups in total. The molecule has 1 aliphatic rings. The van der Waals surface area contributed by atoms with E-state index in [1.807, 2.05) is 20.8 Å². The van der Waals surface area contributed by atoms with E-state index in [2.05, 4.69) is 4.98 Å². The number of non-ortho nitro benzene ring substituents is 1. The predicted octanol–water partition coefficient (Wildman–Crippen LogP) is 3.96. The number of thiazole rings is 1. The van der Waals surface area contributed by atoms with Crippen molar-refractivity contribution in [1.82, 2.24) is 9.88 Å². The normalized spacial score (nSPS) is 16.9. The Hall–Kier alpha value is -2.07. The van der Waals surface area contributed by atoms with Gasteiger partial charge >= 0.3 is 6.09 Å². The van der Waals surface area contributed by atoms with Gasteiger partial charge in [0.2, 0.25) is 0 Å². The van der Waals surface area contributed by atoms with Crippen LogP contribution in [0.1, 0.15) is 33.6 Å². The lowest BCUT2D eigenvalue weighted by Crippen LogP contribution is -2.42. The van der Waals surface area contributed by atoms with Crippen molar-refractivity contribution in [2.24, 2.45) is 5.92 Å². The Morgan fingerprint density at radius 3 is 2.68 bits per heavy atom. The number of nitro benzene ring substituents is 1. The third-order valence-corrected chi connectivity index (χ3v) is 7.30. The van der Waals surface area contributed by atoms with E-state index in [9.17, 15) is 19.1 Å². The van der Waals surface area contributed by atoms with Crippen LogP contribution < -0.4 is 0 Å². The Morgan fingerprint density at radius 1 is 1.39 bits per heavy atom. The fourth-order valence-electron chi connectivity index (χ4n) is 3.00. The van der Waals surface area contributed by atoms with Gasteiger partial charge in [-0.3, -0.25) is 14.3 Å². The predicted molar refractivity (Wildman–Crippen MR) is 108 cm³/mol. The summed E-state index contributed by atoms with van der Waals surface area (Å²) in [5, 5.41) is 10.9. The molecule has 1 saturated heterocycles. The van der Waals surface area contributed by atoms with Crippen LogP contribution in [0.4, 0.5) is 10.5 Å². The molecule has 2 heterocycles. The van der Waals surface area contributed by atoms with Crippen molar-refractivity contribution in [3.8, 4) is 0 Å². The SMILES string of the molecule is CC(C)(C)OC(=O)N1CCC(C[S@@](=O)c2nc3cc([N+](=O)[O-])ccc3s2)CC1. The van der Waals surface area contributed by atoms with Gasteiger partial charge in [-0.25, -0.2) is 9.78 Å². The molecule has 0 spiro atoms. The lowest BCUT2D eigenvalue weighted by atomic mass is 9.99. The van der Waals surface area contributed by atoms with Crippen LogP contribution >= 0.6 is 11.3 Å². The highest BCUT2D eigenvalue weighted by molar-refractivity contribution is 7.87. The van der Waals surface area contributed by atoms with Gasteiger partial charge in [-0.2, -0.15) is 0 Å². The summed E-state index contributed by atoms with van der Waals surface area (Å²) < 4.78 is 19.4. The summed E-state index contributed by atoms with van der Waals surface area (Å²) in [6, 6.07) is 4.48. The van der Waals surface area contributed by atoms with Crippen LogP contribution in [0.3, 0.4) is 0 Å². The van der Waals surface area contributed by atoms with Crippen LogP contribution in [-0.2, 0) is 15.5 Å². The number of hydrogen-bond donors (Lipinski definition) is 0. The molecule has 0 aliphatic carbocycles. The highest BCUT2D eigenvalue weighted by Gasteiger charge is 2.28. The molecule has 1 fully saturated rings. The molecule has 1 aromatic carbocycles. The molecule has 3 rings (SSSR count). The Kier molecular flexibility index (Phi) is 5.99. The monoisotopic (exact) mass is 425 g/mol. The van der Waals surface area contributed by atoms with Crippen LogP contribution in [0.25, 0.3) is 10.2 Å². The van der Waals surface area contributed by atoms with E-state index in [1.54, 1.807) is 11.0 Å². The van der Waals surface area contributed by atoms with Gasteiger partial charge in [0.1, 0.15) is 5.60 Å². The van der Waals surface area contributed by atoms with Crippen molar-refractivity contribution in [1.29, 1.82) is 0 Å². The molecule has 0 unspecified atom stereocenters. The van der Waals surface area contributed by atoms with Crippen LogP contribution in [0.2, 0.25) is 0 Å². The van der Waals surface area contributed by atoms with Crippen molar-refractivity contribution in [2.45, 2.75) is 43.6 Å². The number of nitro groups is 1. The van der Waals surface area contributed by atoms with Crippen LogP contribution in [-0.4, -0.2) is 49.6 Å². The second-order valence-corrected chi connectivity index (χ2v) is 10.5. The maximum atomic E-state index is 12.7. The standard InChI is InChI=1S/C18H23N3O5S2/c1-18(2,3)26-17(22)20-8-6-12(7-9-20)11-28(25)16-19-14-10-13(21(23)24)4-5-15(14)27-16/h4-5,10,12H,6-9,11H2,1-3H3/t28-/m1/s1. The summed E-state index contributed by atoms with van der Waals surface area (Å²) in [6.07, 6.45) is 1.22. The average molecular weight is 426 g/mol. The first-order chi connectivity index (χ1) is 13.1. The minimum atomic E-state index is -1.27. The molecular formula is C18H23N3O5S2. The van der Waals surface area contributed by atoms with Crippen molar-refractivity contribution < 1.29 is 18.7 Å². The number of likely N-dealkylation sites (tertiary alicyclic amines) is 1. The van der Waals surface area contributed by atoms with Gasteiger partial charge in [-0.15, -0.1) is 11.3 Å². The number of nitrogens with zero attached hydrogens (tertiary/aromatic N) is 3. The van der Waals surface area contributed by atoms with Crippen molar-refractivity contribution in [3.63, 3.8) is 0 Å². The van der Waals surface area contributed by atoms with E-state index in [4.69, 9.17) is 4.74 Å². The minimum absolute atomic E-state index is 0.0235. The van der Waals surface area contributed by atoms with Gasteiger partial charge in [-0.1, -0.05) is 0 Å². The number of hydrogen-bond acceptors (Lipinski definition) is 7. The lowest BCUT2D eigenvalue weighted by Gasteiger charge is -2.33. The number of aromatic nitrogens is 1. The van der Waals surface area contributed by atoms with E-state index < -0.39 is 21.3 Å². The smallest absolute Gasteiger partial charge is 0.410 e. The van der Waals surface area contributed by atoms with Crippen molar-refractivity contribution >= 4 is 44.1 Å². The fourth-order valence-corrected chi connectivity index (χ4v) is 5.63. The molecule has 1 aromatic heterocycles. The van der Waals surface area contributed by atoms with E-state index in [1.165, 1.54) is 23.5 Å². The molecule has 1 aliphatic heterocycles. The van der Waals surface area contributed by atoms with Gasteiger partial charge in [0.15, 0.2) is 4.34 Å². The number of carbonyl (C=O) groups excluding carboxylic acids is 1. The van der Waals surface area contributed by atoms with Crippen molar-refractivity contribution in [2.75, 3.05) is 18.8 Å². The molecule has 2 aromatic rings. The van der Waals surface area contributed by atoms with E-state index in [0.29, 0.717) is 28.7 Å². The molecule has 28 heavy (non-hydrogen) atoms. The molecular weight excluding hydrogens is 402 g/mol. The summed E-state index contributed by atoms with van der Waals surface area (Å²) in [6.45, 7) is 6.69. The summed E-state index contributed by atoms with van der Waals surface area (Å²) in [4.78, 5) is 28.6. The molecule has 1 amide bonds. The maximum absolute atomic E-state index is 12.7. The highest BCUT2D eigenvalue weighted by atomic mass is 32.2. The topological polar surface area (TPSA) is 103 Å². The fraction of sp³-hybridized carbons (Fsp3) is 0.556. The van der Waals surface area contributed by atoms with Crippen LogP contribution in [0, 0.1) is 16.0 Å². The number of fused-ring (bicyclic) bond motifs is 1. The molecule has 10 heteroatoms. The molecule has 0 saturated carbocycles. The summed E-state index contributed by atoms with van der Waals surface area (Å²) in [7, 11) is -1.27. The molecule has 152 valence electrons. The minimum Gasteiger partial charge on any atom is -0.444 e. The van der Waals surface area contributed by atoms with E-state index in [-0.39, 0.29) is 17.7 Å². The highest BCUT2D eigenvalue weighted by Crippen LogP contribution is 2.29. The molecule has 1 atom stereocenters. The zero-order valence-electron chi connectivity index (χ0n) is 16.0. The number of rotatable bonds is 4. The van der Waals surface area contributed by atoms with Gasteiger partial charge in [-0.05, 0) is 45.6 Å². The van der Waals surface area contributed by atoms with Gasteiger partial charge < -0.3 is 9.64 Å². The summed E-state index contributed by atoms with van der Waals surface area (Å²) >= 11 is 1.31. The number of piperidine rings is 1. The molecule has 0 bridgehead atoms. The Labute approximate surface area is 169 Å². The lowest BCUT2D eigenvalue weighted by molar-refractivity contribution is -0.384. The summed E-state index contributed by atoms with van der Waals surface area (Å²) in [5.74, 6) is 0.713. The van der Waals surface area contributed by atoms with E-state index in [0.717, 1.165) is 17.5 Å². The Balaban J connectivity index is 1.58. The first-order valence-corrected chi connectivity index (χ1v) is 11.2. The third-order valence-electron chi connectivity index (χ3n) is 4.41. The largest absolute Gasteiger partial charge is 0.444 e. The number of carbonyl (C=O) groups is 1. The Morgan fingerprint density at radius 2 is 2.07 bits per heavy atom. The zero-order chi connectivity index (χ0) is 20.5. The number of amides is 1. The van der Waals surface area contributed by atoms with Crippen molar-refractivity contribution in [3.05, 3.63) is 28.3 Å². The second-order valence-electron chi connectivity index (χ2n) is 7.81. The molecule has 0 radical (unpaired) electrons.